The van der Waals surface area contributed by atoms with Gasteiger partial charge < -0.3 is 19.5 Å². The first kappa shape index (κ1) is 8.85. The molecule has 0 unspecified atom stereocenters. The molecule has 0 atom stereocenters. The third-order valence-corrected chi connectivity index (χ3v) is 2.56. The van der Waals surface area contributed by atoms with E-state index in [4.69, 9.17) is 14.2 Å². The first-order valence-corrected chi connectivity index (χ1v) is 5.19. The van der Waals surface area contributed by atoms with E-state index in [1.807, 2.05) is 18.2 Å². The third kappa shape index (κ3) is 1.72. The van der Waals surface area contributed by atoms with Crippen LogP contribution in [-0.2, 0) is 0 Å². The lowest BCUT2D eigenvalue weighted by atomic mass is 10.2. The van der Waals surface area contributed by atoms with Crippen molar-refractivity contribution >= 4 is 0 Å². The Bertz CT molecular complexity index is 363. The van der Waals surface area contributed by atoms with Crippen LogP contribution in [0.4, 0.5) is 0 Å². The summed E-state index contributed by atoms with van der Waals surface area (Å²) in [6.45, 7) is 3.09. The van der Waals surface area contributed by atoms with Crippen LogP contribution in [0.25, 0.3) is 0 Å². The number of ether oxygens (including phenoxy) is 3. The van der Waals surface area contributed by atoms with Gasteiger partial charge in [0.05, 0.1) is 0 Å². The summed E-state index contributed by atoms with van der Waals surface area (Å²) < 4.78 is 16.6. The zero-order valence-corrected chi connectivity index (χ0v) is 8.36. The highest BCUT2D eigenvalue weighted by Crippen LogP contribution is 2.33. The lowest BCUT2D eigenvalue weighted by Gasteiger charge is -2.28. The fourth-order valence-electron chi connectivity index (χ4n) is 1.63. The van der Waals surface area contributed by atoms with Gasteiger partial charge in [-0.05, 0) is 12.1 Å². The van der Waals surface area contributed by atoms with E-state index in [2.05, 4.69) is 5.32 Å². The number of hydrogen-bond acceptors (Lipinski definition) is 4. The zero-order valence-electron chi connectivity index (χ0n) is 8.36. The van der Waals surface area contributed by atoms with Gasteiger partial charge in [-0.2, -0.15) is 0 Å². The Balaban J connectivity index is 1.77. The Morgan fingerprint density at radius 2 is 1.93 bits per heavy atom. The van der Waals surface area contributed by atoms with Crippen LogP contribution >= 0.6 is 0 Å². The van der Waals surface area contributed by atoms with Gasteiger partial charge >= 0.3 is 0 Å². The fraction of sp³-hybridized carbons (Fsp3) is 0.455. The number of benzene rings is 1. The Labute approximate surface area is 88.1 Å². The van der Waals surface area contributed by atoms with Gasteiger partial charge in [0, 0.05) is 19.2 Å². The summed E-state index contributed by atoms with van der Waals surface area (Å²) in [5, 5.41) is 3.16. The van der Waals surface area contributed by atoms with Crippen molar-refractivity contribution in [3.05, 3.63) is 18.2 Å². The Morgan fingerprint density at radius 1 is 1.13 bits per heavy atom. The second-order valence-electron chi connectivity index (χ2n) is 3.70. The van der Waals surface area contributed by atoms with Crippen molar-refractivity contribution < 1.29 is 14.2 Å². The molecule has 0 aromatic heterocycles. The number of fused-ring (bicyclic) bond motifs is 1. The Morgan fingerprint density at radius 3 is 2.67 bits per heavy atom. The molecule has 1 aromatic rings. The molecule has 4 heteroatoms. The normalized spacial score (nSPS) is 19.5. The maximum Gasteiger partial charge on any atom is 0.165 e. The van der Waals surface area contributed by atoms with Gasteiger partial charge in [0.2, 0.25) is 0 Å². The SMILES string of the molecule is c1cc2c(cc1OC1CNC1)OCCO2. The van der Waals surface area contributed by atoms with Crippen molar-refractivity contribution in [2.45, 2.75) is 6.10 Å². The molecule has 4 nitrogen and oxygen atoms in total. The zero-order chi connectivity index (χ0) is 10.1. The molecule has 0 bridgehead atoms. The van der Waals surface area contributed by atoms with E-state index in [1.54, 1.807) is 0 Å². The summed E-state index contributed by atoms with van der Waals surface area (Å²) in [6.07, 6.45) is 0.299. The number of rotatable bonds is 2. The van der Waals surface area contributed by atoms with Gasteiger partial charge in [-0.25, -0.2) is 0 Å². The maximum atomic E-state index is 5.72. The largest absolute Gasteiger partial charge is 0.488 e. The summed E-state index contributed by atoms with van der Waals surface area (Å²) in [5.74, 6) is 2.44. The molecule has 2 heterocycles. The van der Waals surface area contributed by atoms with Crippen molar-refractivity contribution in [2.24, 2.45) is 0 Å². The van der Waals surface area contributed by atoms with Crippen LogP contribution in [0.2, 0.25) is 0 Å². The molecule has 1 aromatic carbocycles. The van der Waals surface area contributed by atoms with E-state index < -0.39 is 0 Å². The van der Waals surface area contributed by atoms with Crippen LogP contribution < -0.4 is 19.5 Å². The van der Waals surface area contributed by atoms with Crippen molar-refractivity contribution in [3.8, 4) is 17.2 Å². The molecule has 80 valence electrons. The van der Waals surface area contributed by atoms with Gasteiger partial charge in [-0.3, -0.25) is 0 Å². The first-order chi connectivity index (χ1) is 7.42. The van der Waals surface area contributed by atoms with Gasteiger partial charge in [-0.15, -0.1) is 0 Å². The molecule has 2 aliphatic heterocycles. The summed E-state index contributed by atoms with van der Waals surface area (Å²) in [5.41, 5.74) is 0. The third-order valence-electron chi connectivity index (χ3n) is 2.56. The molecule has 1 N–H and O–H groups in total. The van der Waals surface area contributed by atoms with Gasteiger partial charge in [0.1, 0.15) is 25.1 Å². The molecule has 15 heavy (non-hydrogen) atoms. The topological polar surface area (TPSA) is 39.7 Å². The van der Waals surface area contributed by atoms with E-state index in [9.17, 15) is 0 Å². The average molecular weight is 207 g/mol. The molecule has 0 amide bonds. The van der Waals surface area contributed by atoms with Crippen LogP contribution in [-0.4, -0.2) is 32.4 Å². The van der Waals surface area contributed by atoms with Crippen LogP contribution in [0.3, 0.4) is 0 Å². The van der Waals surface area contributed by atoms with E-state index in [0.717, 1.165) is 30.3 Å². The van der Waals surface area contributed by atoms with Gasteiger partial charge in [0.25, 0.3) is 0 Å². The van der Waals surface area contributed by atoms with Crippen LogP contribution in [0.5, 0.6) is 17.2 Å². The monoisotopic (exact) mass is 207 g/mol. The summed E-state index contributed by atoms with van der Waals surface area (Å²) in [6, 6.07) is 5.72. The molecule has 0 saturated carbocycles. The molecule has 0 radical (unpaired) electrons. The minimum absolute atomic E-state index is 0.299. The minimum atomic E-state index is 0.299. The number of hydrogen-bond donors (Lipinski definition) is 1. The number of nitrogens with one attached hydrogen (secondary N) is 1. The van der Waals surface area contributed by atoms with Crippen LogP contribution in [0.1, 0.15) is 0 Å². The summed E-state index contributed by atoms with van der Waals surface area (Å²) >= 11 is 0. The fourth-order valence-corrected chi connectivity index (χ4v) is 1.63. The van der Waals surface area contributed by atoms with Crippen molar-refractivity contribution in [1.82, 2.24) is 5.32 Å². The molecular weight excluding hydrogens is 194 g/mol. The lowest BCUT2D eigenvalue weighted by Crippen LogP contribution is -2.50. The van der Waals surface area contributed by atoms with E-state index in [1.165, 1.54) is 0 Å². The smallest absolute Gasteiger partial charge is 0.165 e. The minimum Gasteiger partial charge on any atom is -0.488 e. The molecule has 0 aliphatic carbocycles. The Hall–Kier alpha value is -1.42. The van der Waals surface area contributed by atoms with Crippen molar-refractivity contribution in [1.29, 1.82) is 0 Å². The molecule has 1 saturated heterocycles. The quantitative estimate of drug-likeness (QED) is 0.779. The summed E-state index contributed by atoms with van der Waals surface area (Å²) in [4.78, 5) is 0. The second kappa shape index (κ2) is 3.62. The highest BCUT2D eigenvalue weighted by atomic mass is 16.6. The van der Waals surface area contributed by atoms with E-state index in [-0.39, 0.29) is 0 Å². The molecule has 3 rings (SSSR count). The van der Waals surface area contributed by atoms with Gasteiger partial charge in [-0.1, -0.05) is 0 Å². The average Bonchev–Trinajstić information content (AvgIpc) is 2.23. The second-order valence-corrected chi connectivity index (χ2v) is 3.70. The lowest BCUT2D eigenvalue weighted by molar-refractivity contribution is 0.138. The van der Waals surface area contributed by atoms with Crippen LogP contribution in [0, 0.1) is 0 Å². The highest BCUT2D eigenvalue weighted by molar-refractivity contribution is 5.46. The first-order valence-electron chi connectivity index (χ1n) is 5.19. The molecule has 2 aliphatic rings. The van der Waals surface area contributed by atoms with Gasteiger partial charge in [0.15, 0.2) is 11.5 Å². The predicted molar refractivity (Wildman–Crippen MR) is 54.7 cm³/mol. The highest BCUT2D eigenvalue weighted by Gasteiger charge is 2.19. The Kier molecular flexibility index (Phi) is 2.14. The van der Waals surface area contributed by atoms with Crippen LogP contribution in [0.15, 0.2) is 18.2 Å². The van der Waals surface area contributed by atoms with E-state index in [0.29, 0.717) is 19.3 Å². The molecular formula is C11H13NO3. The van der Waals surface area contributed by atoms with Crippen molar-refractivity contribution in [2.75, 3.05) is 26.3 Å². The molecule has 0 spiro atoms. The maximum absolute atomic E-state index is 5.72. The predicted octanol–water partition coefficient (Wildman–Crippen LogP) is 0.808. The van der Waals surface area contributed by atoms with Crippen molar-refractivity contribution in [3.63, 3.8) is 0 Å². The standard InChI is InChI=1S/C11H13NO3/c1-2-10-11(14-4-3-13-10)5-8(1)15-9-6-12-7-9/h1-2,5,9,12H,3-4,6-7H2. The van der Waals surface area contributed by atoms with E-state index >= 15 is 0 Å². The molecule has 1 fully saturated rings. The summed E-state index contributed by atoms with van der Waals surface area (Å²) in [7, 11) is 0.